The van der Waals surface area contributed by atoms with Crippen LogP contribution in [0.25, 0.3) is 0 Å². The number of hydrogen-bond donors (Lipinski definition) is 3. The van der Waals surface area contributed by atoms with Crippen molar-refractivity contribution in [1.29, 1.82) is 0 Å². The number of nitrogens with one attached hydrogen (secondary N) is 2. The van der Waals surface area contributed by atoms with Crippen LogP contribution in [-0.2, 0) is 10.5 Å². The van der Waals surface area contributed by atoms with Crippen molar-refractivity contribution in [2.24, 2.45) is 0 Å². The highest BCUT2D eigenvalue weighted by atomic mass is 35.5. The summed E-state index contributed by atoms with van der Waals surface area (Å²) in [6.45, 7) is 7.94. The van der Waals surface area contributed by atoms with E-state index in [1.165, 1.54) is 0 Å². The van der Waals surface area contributed by atoms with Gasteiger partial charge in [0.1, 0.15) is 11.5 Å². The number of hydrogen-bond acceptors (Lipinski definition) is 7. The predicted molar refractivity (Wildman–Crippen MR) is 165 cm³/mol. The van der Waals surface area contributed by atoms with Gasteiger partial charge in [0.15, 0.2) is 5.66 Å². The molecular formula is C32H38Cl2N4O4. The fourth-order valence-corrected chi connectivity index (χ4v) is 6.11. The lowest BCUT2D eigenvalue weighted by Crippen LogP contribution is -2.62. The van der Waals surface area contributed by atoms with E-state index in [2.05, 4.69) is 15.5 Å². The van der Waals surface area contributed by atoms with E-state index in [0.29, 0.717) is 73.0 Å². The number of carbonyl (C=O) groups excluding carboxylic acids is 1. The smallest absolute Gasteiger partial charge is 0.262 e. The second kappa shape index (κ2) is 13.6. The Morgan fingerprint density at radius 1 is 0.857 bits per heavy atom. The monoisotopic (exact) mass is 612 g/mol. The van der Waals surface area contributed by atoms with Crippen molar-refractivity contribution in [1.82, 2.24) is 20.4 Å². The molecule has 1 amide bonds. The van der Waals surface area contributed by atoms with E-state index >= 15 is 0 Å². The summed E-state index contributed by atoms with van der Waals surface area (Å²) in [6, 6.07) is 20.5. The van der Waals surface area contributed by atoms with Gasteiger partial charge in [-0.05, 0) is 61.4 Å². The van der Waals surface area contributed by atoms with E-state index in [1.807, 2.05) is 85.5 Å². The van der Waals surface area contributed by atoms with E-state index in [1.54, 1.807) is 0 Å². The molecule has 3 aromatic rings. The third kappa shape index (κ3) is 6.39. The molecule has 8 nitrogen and oxygen atoms in total. The maximum Gasteiger partial charge on any atom is 0.262 e. The van der Waals surface area contributed by atoms with Crippen LogP contribution in [-0.4, -0.2) is 73.4 Å². The molecule has 2 saturated heterocycles. The standard InChI is InChI=1S/C32H38Cl2N4O4/c1-3-41-26-13-14-27(28(21-26)42-4-2)32(31(40)38-17-15-37(16-18-38)19-20-39)35-29(22-5-9-24(33)10-6-22)30(36-32)23-7-11-25(34)12-8-23/h5-14,21,29-30,35-36,39H,3-4,15-20H2,1-2H3. The zero-order valence-electron chi connectivity index (χ0n) is 24.0. The van der Waals surface area contributed by atoms with E-state index in [9.17, 15) is 9.90 Å². The average molecular weight is 614 g/mol. The first kappa shape index (κ1) is 30.6. The Morgan fingerprint density at radius 2 is 1.40 bits per heavy atom. The summed E-state index contributed by atoms with van der Waals surface area (Å²) < 4.78 is 12.0. The Morgan fingerprint density at radius 3 is 1.90 bits per heavy atom. The van der Waals surface area contributed by atoms with Crippen LogP contribution in [0.5, 0.6) is 11.5 Å². The van der Waals surface area contributed by atoms with Gasteiger partial charge in [0.25, 0.3) is 5.91 Å². The van der Waals surface area contributed by atoms with Crippen molar-refractivity contribution in [3.8, 4) is 11.5 Å². The zero-order valence-corrected chi connectivity index (χ0v) is 25.5. The number of β-amino-alcohol motifs (C(OH)–C–C–N with tert-alkyl or cyclic N) is 1. The van der Waals surface area contributed by atoms with Gasteiger partial charge in [-0.2, -0.15) is 0 Å². The molecule has 42 heavy (non-hydrogen) atoms. The first-order valence-corrected chi connectivity index (χ1v) is 15.2. The van der Waals surface area contributed by atoms with Crippen LogP contribution >= 0.6 is 23.2 Å². The number of benzene rings is 3. The van der Waals surface area contributed by atoms with E-state index in [-0.39, 0.29) is 24.6 Å². The van der Waals surface area contributed by atoms with E-state index in [0.717, 1.165) is 11.1 Å². The highest BCUT2D eigenvalue weighted by molar-refractivity contribution is 6.30. The van der Waals surface area contributed by atoms with Crippen LogP contribution in [0.1, 0.15) is 42.6 Å². The van der Waals surface area contributed by atoms with Crippen molar-refractivity contribution < 1.29 is 19.4 Å². The molecule has 0 radical (unpaired) electrons. The fourth-order valence-electron chi connectivity index (χ4n) is 5.86. The van der Waals surface area contributed by atoms with Crippen molar-refractivity contribution in [2.45, 2.75) is 31.6 Å². The topological polar surface area (TPSA) is 86.3 Å². The molecule has 0 bridgehead atoms. The minimum Gasteiger partial charge on any atom is -0.494 e. The molecule has 2 unspecified atom stereocenters. The molecule has 2 aliphatic heterocycles. The SMILES string of the molecule is CCOc1ccc(C2(C(=O)N3CCN(CCO)CC3)NC(c3ccc(Cl)cc3)C(c3ccc(Cl)cc3)N2)c(OCC)c1. The molecule has 0 aromatic heterocycles. The Hall–Kier alpha value is -2.85. The number of nitrogens with zero attached hydrogens (tertiary/aromatic N) is 2. The van der Waals surface area contributed by atoms with Crippen LogP contribution in [0, 0.1) is 0 Å². The Kier molecular flexibility index (Phi) is 9.93. The molecule has 0 saturated carbocycles. The highest BCUT2D eigenvalue weighted by Crippen LogP contribution is 2.45. The summed E-state index contributed by atoms with van der Waals surface area (Å²) in [5, 5.41) is 18.2. The van der Waals surface area contributed by atoms with Gasteiger partial charge < -0.3 is 19.5 Å². The molecular weight excluding hydrogens is 575 g/mol. The average Bonchev–Trinajstić information content (AvgIpc) is 3.40. The number of piperazine rings is 1. The van der Waals surface area contributed by atoms with Gasteiger partial charge in [-0.25, -0.2) is 0 Å². The number of aliphatic hydroxyl groups is 1. The molecule has 0 spiro atoms. The molecule has 10 heteroatoms. The third-order valence-corrected chi connectivity index (χ3v) is 8.40. The normalized spacial score (nSPS) is 22.7. The maximum atomic E-state index is 14.8. The second-order valence-electron chi connectivity index (χ2n) is 10.5. The van der Waals surface area contributed by atoms with Gasteiger partial charge >= 0.3 is 0 Å². The van der Waals surface area contributed by atoms with Crippen LogP contribution in [0.3, 0.4) is 0 Å². The van der Waals surface area contributed by atoms with Gasteiger partial charge in [0.05, 0.1) is 31.9 Å². The maximum absolute atomic E-state index is 14.8. The summed E-state index contributed by atoms with van der Waals surface area (Å²) in [5.74, 6) is 1.15. The molecule has 0 aliphatic carbocycles. The summed E-state index contributed by atoms with van der Waals surface area (Å²) in [7, 11) is 0. The molecule has 5 rings (SSSR count). The predicted octanol–water partition coefficient (Wildman–Crippen LogP) is 4.76. The Balaban J connectivity index is 1.63. The van der Waals surface area contributed by atoms with Crippen molar-refractivity contribution in [3.63, 3.8) is 0 Å². The second-order valence-corrected chi connectivity index (χ2v) is 11.4. The number of halogens is 2. The van der Waals surface area contributed by atoms with Gasteiger partial charge in [0.2, 0.25) is 0 Å². The first-order chi connectivity index (χ1) is 20.4. The largest absolute Gasteiger partial charge is 0.494 e. The summed E-state index contributed by atoms with van der Waals surface area (Å²) in [5.41, 5.74) is 1.34. The number of amides is 1. The van der Waals surface area contributed by atoms with Gasteiger partial charge in [-0.15, -0.1) is 0 Å². The number of aliphatic hydroxyl groups excluding tert-OH is 1. The lowest BCUT2D eigenvalue weighted by molar-refractivity contribution is -0.141. The molecule has 2 aliphatic rings. The molecule has 224 valence electrons. The Labute approximate surface area is 257 Å². The van der Waals surface area contributed by atoms with Gasteiger partial charge in [0, 0.05) is 54.4 Å². The van der Waals surface area contributed by atoms with Crippen molar-refractivity contribution in [2.75, 3.05) is 52.5 Å². The van der Waals surface area contributed by atoms with Gasteiger partial charge in [-0.1, -0.05) is 47.5 Å². The molecule has 3 aromatic carbocycles. The molecule has 2 atom stereocenters. The van der Waals surface area contributed by atoms with E-state index < -0.39 is 5.66 Å². The quantitative estimate of drug-likeness (QED) is 0.304. The third-order valence-electron chi connectivity index (χ3n) is 7.90. The summed E-state index contributed by atoms with van der Waals surface area (Å²) in [4.78, 5) is 18.9. The highest BCUT2D eigenvalue weighted by Gasteiger charge is 2.54. The first-order valence-electron chi connectivity index (χ1n) is 14.5. The molecule has 2 heterocycles. The van der Waals surface area contributed by atoms with Crippen LogP contribution in [0.2, 0.25) is 10.0 Å². The minimum absolute atomic E-state index is 0.0910. The van der Waals surface area contributed by atoms with Crippen LogP contribution in [0.4, 0.5) is 0 Å². The minimum atomic E-state index is -1.32. The van der Waals surface area contributed by atoms with Crippen molar-refractivity contribution >= 4 is 29.1 Å². The molecule has 3 N–H and O–H groups in total. The Bertz CT molecular complexity index is 1290. The summed E-state index contributed by atoms with van der Waals surface area (Å²) in [6.07, 6.45) is 0. The summed E-state index contributed by atoms with van der Waals surface area (Å²) >= 11 is 12.5. The lowest BCUT2D eigenvalue weighted by Gasteiger charge is -2.40. The van der Waals surface area contributed by atoms with E-state index in [4.69, 9.17) is 32.7 Å². The number of carbonyl (C=O) groups is 1. The zero-order chi connectivity index (χ0) is 29.7. The number of rotatable bonds is 10. The number of ether oxygens (including phenoxy) is 2. The van der Waals surface area contributed by atoms with Gasteiger partial charge in [-0.3, -0.25) is 20.3 Å². The fraction of sp³-hybridized carbons (Fsp3) is 0.406. The lowest BCUT2D eigenvalue weighted by atomic mass is 9.95. The van der Waals surface area contributed by atoms with Crippen molar-refractivity contribution in [3.05, 3.63) is 93.5 Å². The van der Waals surface area contributed by atoms with Crippen LogP contribution in [0.15, 0.2) is 66.7 Å². The van der Waals surface area contributed by atoms with Crippen LogP contribution < -0.4 is 20.1 Å². The molecule has 2 fully saturated rings.